The summed E-state index contributed by atoms with van der Waals surface area (Å²) in [7, 11) is 1.29. The van der Waals surface area contributed by atoms with Gasteiger partial charge in [0, 0.05) is 4.47 Å². The molecular weight excluding hydrogens is 484 g/mol. The van der Waals surface area contributed by atoms with Crippen molar-refractivity contribution in [3.8, 4) is 11.5 Å². The molecule has 1 aliphatic rings. The van der Waals surface area contributed by atoms with E-state index in [1.54, 1.807) is 18.2 Å². The SMILES string of the molecule is CCOc1cc(/C=C2/SC(=Nc3ccc(C)cc3)NC2=O)c(Br)cc1OCC(=O)OC. The molecule has 1 aliphatic heterocycles. The highest BCUT2D eigenvalue weighted by Gasteiger charge is 2.24. The van der Waals surface area contributed by atoms with Crippen LogP contribution in [0.4, 0.5) is 5.69 Å². The number of methoxy groups -OCH3 is 1. The Hall–Kier alpha value is -2.78. The van der Waals surface area contributed by atoms with Gasteiger partial charge >= 0.3 is 5.97 Å². The smallest absolute Gasteiger partial charge is 0.343 e. The van der Waals surface area contributed by atoms with Gasteiger partial charge in [0.15, 0.2) is 23.3 Å². The first kappa shape index (κ1) is 22.9. The zero-order chi connectivity index (χ0) is 22.4. The highest BCUT2D eigenvalue weighted by Crippen LogP contribution is 2.37. The first-order chi connectivity index (χ1) is 14.9. The second kappa shape index (κ2) is 10.5. The number of aliphatic imine (C=N–C) groups is 1. The Morgan fingerprint density at radius 1 is 1.19 bits per heavy atom. The number of hydrogen-bond donors (Lipinski definition) is 1. The highest BCUT2D eigenvalue weighted by molar-refractivity contribution is 9.10. The third kappa shape index (κ3) is 6.11. The van der Waals surface area contributed by atoms with E-state index in [2.05, 4.69) is 31.0 Å². The van der Waals surface area contributed by atoms with E-state index in [9.17, 15) is 9.59 Å². The van der Waals surface area contributed by atoms with Gasteiger partial charge in [-0.3, -0.25) is 4.79 Å². The van der Waals surface area contributed by atoms with Crippen LogP contribution in [0.3, 0.4) is 0 Å². The lowest BCUT2D eigenvalue weighted by Gasteiger charge is -2.13. The lowest BCUT2D eigenvalue weighted by molar-refractivity contribution is -0.142. The van der Waals surface area contributed by atoms with Gasteiger partial charge in [0.1, 0.15) is 0 Å². The van der Waals surface area contributed by atoms with Crippen molar-refractivity contribution in [2.45, 2.75) is 13.8 Å². The number of benzene rings is 2. The van der Waals surface area contributed by atoms with E-state index in [0.717, 1.165) is 16.8 Å². The maximum Gasteiger partial charge on any atom is 0.343 e. The summed E-state index contributed by atoms with van der Waals surface area (Å²) in [6.45, 7) is 4.03. The molecule has 1 heterocycles. The van der Waals surface area contributed by atoms with Gasteiger partial charge in [-0.2, -0.15) is 0 Å². The van der Waals surface area contributed by atoms with Gasteiger partial charge in [-0.05, 0) is 61.5 Å². The summed E-state index contributed by atoms with van der Waals surface area (Å²) < 4.78 is 16.4. The standard InChI is InChI=1S/C22H21BrN2O5S/c1-4-29-17-9-14(16(23)11-18(17)30-12-20(26)28-3)10-19-21(27)25-22(31-19)24-15-7-5-13(2)6-8-15/h5-11H,4,12H2,1-3H3,(H,24,25,27)/b19-10+. The van der Waals surface area contributed by atoms with E-state index in [4.69, 9.17) is 9.47 Å². The first-order valence-corrected chi connectivity index (χ1v) is 11.0. The molecule has 0 spiro atoms. The molecule has 2 aromatic carbocycles. The van der Waals surface area contributed by atoms with Crippen LogP contribution in [-0.2, 0) is 14.3 Å². The van der Waals surface area contributed by atoms with Gasteiger partial charge in [-0.1, -0.05) is 33.6 Å². The summed E-state index contributed by atoms with van der Waals surface area (Å²) >= 11 is 4.75. The monoisotopic (exact) mass is 504 g/mol. The fraction of sp³-hybridized carbons (Fsp3) is 0.227. The van der Waals surface area contributed by atoms with Gasteiger partial charge in [0.2, 0.25) is 0 Å². The molecule has 1 N–H and O–H groups in total. The molecule has 2 aromatic rings. The molecule has 0 radical (unpaired) electrons. The van der Waals surface area contributed by atoms with E-state index in [1.165, 1.54) is 18.9 Å². The topological polar surface area (TPSA) is 86.2 Å². The Bertz CT molecular complexity index is 1050. The zero-order valence-electron chi connectivity index (χ0n) is 17.2. The molecule has 7 nitrogen and oxygen atoms in total. The van der Waals surface area contributed by atoms with Crippen molar-refractivity contribution in [2.24, 2.45) is 4.99 Å². The molecule has 0 saturated carbocycles. The van der Waals surface area contributed by atoms with Gasteiger partial charge in [0.05, 0.1) is 24.3 Å². The molecule has 1 fully saturated rings. The molecule has 0 aliphatic carbocycles. The van der Waals surface area contributed by atoms with Crippen LogP contribution in [0.15, 0.2) is 50.8 Å². The van der Waals surface area contributed by atoms with Crippen molar-refractivity contribution >= 4 is 56.5 Å². The largest absolute Gasteiger partial charge is 0.490 e. The minimum absolute atomic E-state index is 0.230. The number of rotatable bonds is 7. The van der Waals surface area contributed by atoms with Gasteiger partial charge < -0.3 is 19.5 Å². The summed E-state index contributed by atoms with van der Waals surface area (Å²) in [6, 6.07) is 11.2. The van der Waals surface area contributed by atoms with Crippen LogP contribution in [0, 0.1) is 6.92 Å². The van der Waals surface area contributed by atoms with Crippen LogP contribution >= 0.6 is 27.7 Å². The van der Waals surface area contributed by atoms with Crippen molar-refractivity contribution in [3.05, 3.63) is 56.9 Å². The summed E-state index contributed by atoms with van der Waals surface area (Å²) in [5.41, 5.74) is 2.63. The second-order valence-corrected chi connectivity index (χ2v) is 8.32. The maximum absolute atomic E-state index is 12.4. The molecule has 31 heavy (non-hydrogen) atoms. The van der Waals surface area contributed by atoms with Crippen LogP contribution in [0.25, 0.3) is 6.08 Å². The van der Waals surface area contributed by atoms with Crippen molar-refractivity contribution in [2.75, 3.05) is 20.3 Å². The molecule has 9 heteroatoms. The molecular formula is C22H21BrN2O5S. The number of halogens is 1. The number of carbonyl (C=O) groups excluding carboxylic acids is 2. The van der Waals surface area contributed by atoms with Crippen LogP contribution in [-0.4, -0.2) is 37.4 Å². The summed E-state index contributed by atoms with van der Waals surface area (Å²) in [4.78, 5) is 28.8. The average molecular weight is 505 g/mol. The number of thioether (sulfide) groups is 1. The average Bonchev–Trinajstić information content (AvgIpc) is 3.09. The number of nitrogens with zero attached hydrogens (tertiary/aromatic N) is 1. The lowest BCUT2D eigenvalue weighted by Crippen LogP contribution is -2.19. The fourth-order valence-electron chi connectivity index (χ4n) is 2.60. The molecule has 3 rings (SSSR count). The van der Waals surface area contributed by atoms with Gasteiger partial charge in [-0.25, -0.2) is 9.79 Å². The first-order valence-electron chi connectivity index (χ1n) is 9.41. The number of nitrogens with one attached hydrogen (secondary N) is 1. The normalized spacial score (nSPS) is 15.8. The predicted molar refractivity (Wildman–Crippen MR) is 125 cm³/mol. The van der Waals surface area contributed by atoms with E-state index in [0.29, 0.717) is 32.7 Å². The lowest BCUT2D eigenvalue weighted by atomic mass is 10.2. The summed E-state index contributed by atoms with van der Waals surface area (Å²) in [5.74, 6) is 0.126. The van der Waals surface area contributed by atoms with Crippen LogP contribution in [0.2, 0.25) is 0 Å². The fourth-order valence-corrected chi connectivity index (χ4v) is 3.87. The van der Waals surface area contributed by atoms with Crippen molar-refractivity contribution in [1.82, 2.24) is 5.32 Å². The quantitative estimate of drug-likeness (QED) is 0.438. The Morgan fingerprint density at radius 3 is 2.58 bits per heavy atom. The van der Waals surface area contributed by atoms with Crippen molar-refractivity contribution in [3.63, 3.8) is 0 Å². The minimum atomic E-state index is -0.496. The summed E-state index contributed by atoms with van der Waals surface area (Å²) in [5, 5.41) is 3.29. The van der Waals surface area contributed by atoms with E-state index in [-0.39, 0.29) is 12.5 Å². The molecule has 1 saturated heterocycles. The number of amidine groups is 1. The van der Waals surface area contributed by atoms with Crippen molar-refractivity contribution in [1.29, 1.82) is 0 Å². The van der Waals surface area contributed by atoms with Crippen LogP contribution < -0.4 is 14.8 Å². The Morgan fingerprint density at radius 2 is 1.90 bits per heavy atom. The number of aryl methyl sites for hydroxylation is 1. The highest BCUT2D eigenvalue weighted by atomic mass is 79.9. The zero-order valence-corrected chi connectivity index (χ0v) is 19.6. The number of ether oxygens (including phenoxy) is 3. The number of carbonyl (C=O) groups is 2. The predicted octanol–water partition coefficient (Wildman–Crippen LogP) is 4.60. The molecule has 1 amide bonds. The molecule has 0 aromatic heterocycles. The van der Waals surface area contributed by atoms with Crippen molar-refractivity contribution < 1.29 is 23.8 Å². The Labute approximate surface area is 193 Å². The Kier molecular flexibility index (Phi) is 7.75. The van der Waals surface area contributed by atoms with Crippen LogP contribution in [0.1, 0.15) is 18.1 Å². The molecule has 0 unspecified atom stereocenters. The molecule has 0 atom stereocenters. The third-order valence-corrected chi connectivity index (χ3v) is 5.73. The van der Waals surface area contributed by atoms with Gasteiger partial charge in [0.25, 0.3) is 5.91 Å². The second-order valence-electron chi connectivity index (χ2n) is 6.44. The number of esters is 1. The van der Waals surface area contributed by atoms with E-state index >= 15 is 0 Å². The van der Waals surface area contributed by atoms with Gasteiger partial charge in [-0.15, -0.1) is 0 Å². The van der Waals surface area contributed by atoms with E-state index in [1.807, 2.05) is 38.1 Å². The third-order valence-electron chi connectivity index (χ3n) is 4.14. The minimum Gasteiger partial charge on any atom is -0.490 e. The molecule has 0 bridgehead atoms. The number of hydrogen-bond acceptors (Lipinski definition) is 7. The Balaban J connectivity index is 1.84. The van der Waals surface area contributed by atoms with E-state index < -0.39 is 5.97 Å². The number of amides is 1. The van der Waals surface area contributed by atoms with Crippen LogP contribution in [0.5, 0.6) is 11.5 Å². The summed E-state index contributed by atoms with van der Waals surface area (Å²) in [6.07, 6.45) is 1.74. The molecule has 162 valence electrons. The maximum atomic E-state index is 12.4.